The molecule has 2 rings (SSSR count). The predicted molar refractivity (Wildman–Crippen MR) is 71.0 cm³/mol. The van der Waals surface area contributed by atoms with Gasteiger partial charge >= 0.3 is 0 Å². The minimum absolute atomic E-state index is 0.215. The Morgan fingerprint density at radius 1 is 1.50 bits per heavy atom. The second-order valence-corrected chi connectivity index (χ2v) is 4.55. The van der Waals surface area contributed by atoms with Crippen molar-refractivity contribution in [1.29, 1.82) is 0 Å². The van der Waals surface area contributed by atoms with Crippen LogP contribution in [-0.4, -0.2) is 23.9 Å². The average Bonchev–Trinajstić information content (AvgIpc) is 2.72. The Bertz CT molecular complexity index is 556. The summed E-state index contributed by atoms with van der Waals surface area (Å²) in [5, 5.41) is 7.06. The molecule has 18 heavy (non-hydrogen) atoms. The number of benzene rings is 1. The topological polar surface area (TPSA) is 63.9 Å². The van der Waals surface area contributed by atoms with Crippen LogP contribution >= 0.6 is 15.9 Å². The first kappa shape index (κ1) is 13.0. The summed E-state index contributed by atoms with van der Waals surface area (Å²) in [5.41, 5.74) is 7.75. The second-order valence-electron chi connectivity index (χ2n) is 3.75. The van der Waals surface area contributed by atoms with Gasteiger partial charge in [-0.15, -0.1) is 0 Å². The Morgan fingerprint density at radius 3 is 2.89 bits per heavy atom. The zero-order valence-electron chi connectivity index (χ0n) is 9.84. The van der Waals surface area contributed by atoms with Crippen molar-refractivity contribution in [3.63, 3.8) is 0 Å². The monoisotopic (exact) mass is 313 g/mol. The summed E-state index contributed by atoms with van der Waals surface area (Å²) < 4.78 is 19.3. The van der Waals surface area contributed by atoms with E-state index in [-0.39, 0.29) is 5.75 Å². The molecule has 0 spiro atoms. The van der Waals surface area contributed by atoms with Crippen LogP contribution in [0, 0.1) is 5.82 Å². The third-order valence-corrected chi connectivity index (χ3v) is 3.45. The molecule has 1 heterocycles. The molecule has 0 saturated heterocycles. The predicted octanol–water partition coefficient (Wildman–Crippen LogP) is 2.49. The van der Waals surface area contributed by atoms with Gasteiger partial charge in [0.15, 0.2) is 11.6 Å². The van der Waals surface area contributed by atoms with Gasteiger partial charge in [0.05, 0.1) is 17.3 Å². The fraction of sp³-hybridized carbons (Fsp3) is 0.250. The van der Waals surface area contributed by atoms with Crippen molar-refractivity contribution < 1.29 is 9.13 Å². The highest BCUT2D eigenvalue weighted by atomic mass is 79.9. The van der Waals surface area contributed by atoms with Crippen molar-refractivity contribution in [3.8, 4) is 17.0 Å². The fourth-order valence-electron chi connectivity index (χ4n) is 1.68. The van der Waals surface area contributed by atoms with E-state index >= 15 is 0 Å². The number of methoxy groups -OCH3 is 1. The second kappa shape index (κ2) is 5.49. The first-order chi connectivity index (χ1) is 8.67. The molecule has 0 saturated carbocycles. The van der Waals surface area contributed by atoms with Crippen LogP contribution in [0.25, 0.3) is 11.3 Å². The first-order valence-electron chi connectivity index (χ1n) is 5.44. The van der Waals surface area contributed by atoms with Crippen LogP contribution in [-0.2, 0) is 6.42 Å². The zero-order valence-corrected chi connectivity index (χ0v) is 11.4. The maximum absolute atomic E-state index is 13.6. The molecule has 1 aromatic heterocycles. The lowest BCUT2D eigenvalue weighted by Gasteiger charge is -2.03. The molecule has 0 aliphatic carbocycles. The molecule has 3 N–H and O–H groups in total. The molecule has 6 heteroatoms. The highest BCUT2D eigenvalue weighted by molar-refractivity contribution is 9.10. The van der Waals surface area contributed by atoms with Crippen molar-refractivity contribution in [3.05, 3.63) is 34.2 Å². The average molecular weight is 314 g/mol. The number of H-pyrrole nitrogens is 1. The van der Waals surface area contributed by atoms with Gasteiger partial charge in [-0.05, 0) is 40.7 Å². The van der Waals surface area contributed by atoms with E-state index in [2.05, 4.69) is 26.1 Å². The quantitative estimate of drug-likeness (QED) is 0.911. The van der Waals surface area contributed by atoms with E-state index in [1.807, 2.05) is 0 Å². The van der Waals surface area contributed by atoms with Gasteiger partial charge in [0.25, 0.3) is 0 Å². The lowest BCUT2D eigenvalue weighted by atomic mass is 10.1. The van der Waals surface area contributed by atoms with Crippen molar-refractivity contribution in [1.82, 2.24) is 10.2 Å². The van der Waals surface area contributed by atoms with Crippen molar-refractivity contribution in [2.75, 3.05) is 13.7 Å². The van der Waals surface area contributed by atoms with E-state index in [1.165, 1.54) is 13.2 Å². The molecule has 4 nitrogen and oxygen atoms in total. The minimum Gasteiger partial charge on any atom is -0.494 e. The highest BCUT2D eigenvalue weighted by Crippen LogP contribution is 2.31. The molecule has 1 aromatic carbocycles. The van der Waals surface area contributed by atoms with E-state index in [0.717, 1.165) is 10.2 Å². The van der Waals surface area contributed by atoms with Crippen LogP contribution in [0.3, 0.4) is 0 Å². The number of halogens is 2. The molecule has 96 valence electrons. The molecule has 0 fully saturated rings. The van der Waals surface area contributed by atoms with Crippen molar-refractivity contribution in [2.45, 2.75) is 6.42 Å². The number of nitrogens with zero attached hydrogens (tertiary/aromatic N) is 1. The van der Waals surface area contributed by atoms with Gasteiger partial charge in [0.2, 0.25) is 0 Å². The highest BCUT2D eigenvalue weighted by Gasteiger charge is 2.13. The Morgan fingerprint density at radius 2 is 2.28 bits per heavy atom. The third kappa shape index (κ3) is 2.39. The number of hydrogen-bond acceptors (Lipinski definition) is 3. The van der Waals surface area contributed by atoms with Crippen molar-refractivity contribution in [2.24, 2.45) is 5.73 Å². The summed E-state index contributed by atoms with van der Waals surface area (Å²) in [6.45, 7) is 0.525. The van der Waals surface area contributed by atoms with Crippen LogP contribution in [0.2, 0.25) is 0 Å². The van der Waals surface area contributed by atoms with E-state index in [1.54, 1.807) is 12.1 Å². The number of nitrogens with two attached hydrogens (primary N) is 1. The molecule has 0 amide bonds. The summed E-state index contributed by atoms with van der Waals surface area (Å²) in [7, 11) is 1.43. The smallest absolute Gasteiger partial charge is 0.165 e. The number of nitrogens with one attached hydrogen (secondary N) is 1. The minimum atomic E-state index is -0.412. The van der Waals surface area contributed by atoms with Crippen molar-refractivity contribution >= 4 is 15.9 Å². The van der Waals surface area contributed by atoms with Gasteiger partial charge < -0.3 is 10.5 Å². The molecule has 0 radical (unpaired) electrons. The molecule has 0 bridgehead atoms. The van der Waals surface area contributed by atoms with Gasteiger partial charge in [0.1, 0.15) is 5.69 Å². The Labute approximate surface area is 112 Å². The van der Waals surface area contributed by atoms with Crippen LogP contribution in [0.4, 0.5) is 4.39 Å². The van der Waals surface area contributed by atoms with Crippen LogP contribution < -0.4 is 10.5 Å². The number of aromatic amines is 1. The van der Waals surface area contributed by atoms with Crippen LogP contribution in [0.5, 0.6) is 5.75 Å². The molecule has 0 aliphatic heterocycles. The van der Waals surface area contributed by atoms with Crippen LogP contribution in [0.1, 0.15) is 5.69 Å². The Hall–Kier alpha value is -1.40. The first-order valence-corrected chi connectivity index (χ1v) is 6.23. The third-order valence-electron chi connectivity index (χ3n) is 2.60. The SMILES string of the molecule is COc1ccc(-c2n[nH]c(CCN)c2Br)cc1F. The normalized spacial score (nSPS) is 10.7. The summed E-state index contributed by atoms with van der Waals surface area (Å²) in [6, 6.07) is 4.73. The summed E-state index contributed by atoms with van der Waals surface area (Å²) in [5.74, 6) is -0.196. The maximum Gasteiger partial charge on any atom is 0.165 e. The molecular formula is C12H13BrFN3O. The lowest BCUT2D eigenvalue weighted by molar-refractivity contribution is 0.386. The van der Waals surface area contributed by atoms with Gasteiger partial charge in [-0.3, -0.25) is 5.10 Å². The van der Waals surface area contributed by atoms with Gasteiger partial charge in [-0.2, -0.15) is 5.10 Å². The summed E-state index contributed by atoms with van der Waals surface area (Å²) in [6.07, 6.45) is 0.687. The fourth-order valence-corrected chi connectivity index (χ4v) is 2.28. The van der Waals surface area contributed by atoms with Crippen LogP contribution in [0.15, 0.2) is 22.7 Å². The van der Waals surface area contributed by atoms with E-state index in [0.29, 0.717) is 24.2 Å². The number of hydrogen-bond donors (Lipinski definition) is 2. The molecule has 0 unspecified atom stereocenters. The van der Waals surface area contributed by atoms with Gasteiger partial charge in [-0.25, -0.2) is 4.39 Å². The lowest BCUT2D eigenvalue weighted by Crippen LogP contribution is -2.03. The maximum atomic E-state index is 13.6. The zero-order chi connectivity index (χ0) is 13.1. The molecule has 2 aromatic rings. The Balaban J connectivity index is 2.39. The standard InChI is InChI=1S/C12H13BrFN3O/c1-18-10-3-2-7(6-8(10)14)12-11(13)9(4-5-15)16-17-12/h2-3,6H,4-5,15H2,1H3,(H,16,17). The van der Waals surface area contributed by atoms with E-state index in [4.69, 9.17) is 10.5 Å². The van der Waals surface area contributed by atoms with Gasteiger partial charge in [-0.1, -0.05) is 0 Å². The molecular weight excluding hydrogens is 301 g/mol. The number of aromatic nitrogens is 2. The van der Waals surface area contributed by atoms with Gasteiger partial charge in [0, 0.05) is 12.0 Å². The van der Waals surface area contributed by atoms with E-state index < -0.39 is 5.82 Å². The van der Waals surface area contributed by atoms with E-state index in [9.17, 15) is 4.39 Å². The molecule has 0 aliphatic rings. The molecule has 0 atom stereocenters. The summed E-state index contributed by atoms with van der Waals surface area (Å²) in [4.78, 5) is 0. The Kier molecular flexibility index (Phi) is 3.98. The summed E-state index contributed by atoms with van der Waals surface area (Å²) >= 11 is 3.45. The number of ether oxygens (including phenoxy) is 1. The number of rotatable bonds is 4. The largest absolute Gasteiger partial charge is 0.494 e.